The number of nitrogens with two attached hydrogens (primary N) is 1. The molecule has 1 aliphatic carbocycles. The van der Waals surface area contributed by atoms with E-state index in [0.717, 1.165) is 44.0 Å². The first kappa shape index (κ1) is 12.9. The largest absolute Gasteiger partial charge is 0.378 e. The van der Waals surface area contributed by atoms with E-state index < -0.39 is 0 Å². The molecule has 0 aromatic heterocycles. The van der Waals surface area contributed by atoms with Crippen molar-refractivity contribution in [2.45, 2.75) is 57.1 Å². The lowest BCUT2D eigenvalue weighted by Gasteiger charge is -2.44. The molecule has 0 aromatic rings. The van der Waals surface area contributed by atoms with Crippen molar-refractivity contribution >= 4 is 0 Å². The molecule has 0 radical (unpaired) electrons. The van der Waals surface area contributed by atoms with Crippen LogP contribution in [0.25, 0.3) is 0 Å². The molecule has 18 heavy (non-hydrogen) atoms. The average Bonchev–Trinajstić information content (AvgIpc) is 2.80. The summed E-state index contributed by atoms with van der Waals surface area (Å²) in [5.74, 6) is 2.33. The lowest BCUT2D eigenvalue weighted by atomic mass is 9.68. The van der Waals surface area contributed by atoms with Gasteiger partial charge in [-0.15, -0.1) is 0 Å². The second-order valence-electron chi connectivity index (χ2n) is 6.83. The quantitative estimate of drug-likeness (QED) is 0.780. The van der Waals surface area contributed by atoms with E-state index in [1.54, 1.807) is 0 Å². The summed E-state index contributed by atoms with van der Waals surface area (Å²) >= 11 is 0. The third-order valence-electron chi connectivity index (χ3n) is 5.42. The molecule has 1 spiro atoms. The first-order valence-electron chi connectivity index (χ1n) is 7.66. The van der Waals surface area contributed by atoms with Gasteiger partial charge in [-0.3, -0.25) is 0 Å². The average molecular weight is 253 g/mol. The molecule has 0 aromatic carbocycles. The van der Waals surface area contributed by atoms with Crippen LogP contribution in [0, 0.1) is 17.8 Å². The van der Waals surface area contributed by atoms with Crippen LogP contribution in [0.3, 0.4) is 0 Å². The van der Waals surface area contributed by atoms with Crippen molar-refractivity contribution in [2.24, 2.45) is 23.5 Å². The van der Waals surface area contributed by atoms with Crippen molar-refractivity contribution in [1.29, 1.82) is 0 Å². The van der Waals surface area contributed by atoms with Crippen LogP contribution in [0.5, 0.6) is 0 Å². The van der Waals surface area contributed by atoms with E-state index in [1.807, 2.05) is 0 Å². The lowest BCUT2D eigenvalue weighted by molar-refractivity contribution is -0.111. The number of rotatable bonds is 1. The van der Waals surface area contributed by atoms with Crippen molar-refractivity contribution in [3.63, 3.8) is 0 Å². The second kappa shape index (κ2) is 5.10. The third-order valence-corrected chi connectivity index (χ3v) is 5.42. The highest BCUT2D eigenvalue weighted by molar-refractivity contribution is 4.95. The Morgan fingerprint density at radius 1 is 1.17 bits per heavy atom. The minimum atomic E-state index is 0.0450. The van der Waals surface area contributed by atoms with Crippen LogP contribution in [0.15, 0.2) is 0 Å². The fourth-order valence-corrected chi connectivity index (χ4v) is 4.28. The van der Waals surface area contributed by atoms with E-state index in [-0.39, 0.29) is 5.60 Å². The van der Waals surface area contributed by atoms with Gasteiger partial charge in [0.2, 0.25) is 0 Å². The maximum atomic E-state index is 6.39. The van der Waals surface area contributed by atoms with Gasteiger partial charge >= 0.3 is 0 Å². The molecule has 3 nitrogen and oxygen atoms in total. The molecule has 5 unspecified atom stereocenters. The molecule has 3 aliphatic rings. The van der Waals surface area contributed by atoms with E-state index in [0.29, 0.717) is 6.04 Å². The summed E-state index contributed by atoms with van der Waals surface area (Å²) in [6.45, 7) is 4.97. The van der Waals surface area contributed by atoms with Gasteiger partial charge in [-0.1, -0.05) is 6.92 Å². The van der Waals surface area contributed by atoms with Crippen LogP contribution in [0.4, 0.5) is 0 Å². The van der Waals surface area contributed by atoms with Crippen molar-refractivity contribution in [3.05, 3.63) is 0 Å². The summed E-state index contributed by atoms with van der Waals surface area (Å²) in [6.07, 6.45) is 7.32. The molecule has 0 amide bonds. The predicted octanol–water partition coefficient (Wildman–Crippen LogP) is 2.34. The monoisotopic (exact) mass is 253 g/mol. The molecule has 3 heteroatoms. The smallest absolute Gasteiger partial charge is 0.0939 e. The van der Waals surface area contributed by atoms with Crippen LogP contribution in [-0.4, -0.2) is 31.5 Å². The molecule has 1 saturated carbocycles. The van der Waals surface area contributed by atoms with Gasteiger partial charge in [-0.05, 0) is 49.9 Å². The van der Waals surface area contributed by atoms with Crippen LogP contribution >= 0.6 is 0 Å². The van der Waals surface area contributed by atoms with Gasteiger partial charge in [0.15, 0.2) is 0 Å². The summed E-state index contributed by atoms with van der Waals surface area (Å²) in [5, 5.41) is 0. The molecular formula is C15H27NO2. The Bertz CT molecular complexity index is 288. The van der Waals surface area contributed by atoms with Gasteiger partial charge in [0, 0.05) is 25.7 Å². The fraction of sp³-hybridized carbons (Fsp3) is 1.00. The highest BCUT2D eigenvalue weighted by Crippen LogP contribution is 2.43. The zero-order valence-electron chi connectivity index (χ0n) is 11.6. The Balaban J connectivity index is 1.67. The molecule has 3 rings (SSSR count). The maximum Gasteiger partial charge on any atom is 0.0939 e. The van der Waals surface area contributed by atoms with Gasteiger partial charge in [-0.2, -0.15) is 0 Å². The number of hydrogen-bond donors (Lipinski definition) is 1. The summed E-state index contributed by atoms with van der Waals surface area (Å²) in [4.78, 5) is 0. The van der Waals surface area contributed by atoms with Gasteiger partial charge in [0.1, 0.15) is 0 Å². The van der Waals surface area contributed by atoms with Crippen LogP contribution < -0.4 is 5.73 Å². The summed E-state index contributed by atoms with van der Waals surface area (Å²) in [7, 11) is 0. The Kier molecular flexibility index (Phi) is 3.65. The summed E-state index contributed by atoms with van der Waals surface area (Å²) < 4.78 is 11.6. The number of hydrogen-bond acceptors (Lipinski definition) is 3. The molecule has 104 valence electrons. The van der Waals surface area contributed by atoms with E-state index in [4.69, 9.17) is 15.2 Å². The molecule has 0 bridgehead atoms. The van der Waals surface area contributed by atoms with E-state index in [1.165, 1.54) is 32.1 Å². The Labute approximate surface area is 110 Å². The number of ether oxygens (including phenoxy) is 2. The Hall–Kier alpha value is -0.120. The van der Waals surface area contributed by atoms with Gasteiger partial charge in [-0.25, -0.2) is 0 Å². The SMILES string of the molecule is CC1CCC(N)C(C2CCOC3(CCOC3)C2)C1. The van der Waals surface area contributed by atoms with Crippen molar-refractivity contribution < 1.29 is 9.47 Å². The molecule has 2 N–H and O–H groups in total. The van der Waals surface area contributed by atoms with Crippen LogP contribution in [0.1, 0.15) is 45.4 Å². The third kappa shape index (κ3) is 2.45. The second-order valence-corrected chi connectivity index (χ2v) is 6.83. The first-order chi connectivity index (χ1) is 8.69. The molecule has 2 aliphatic heterocycles. The van der Waals surface area contributed by atoms with E-state index in [9.17, 15) is 0 Å². The standard InChI is InChI=1S/C15H27NO2/c1-11-2-3-14(16)13(8-11)12-4-6-18-15(9-12)5-7-17-10-15/h11-14H,2-10,16H2,1H3. The van der Waals surface area contributed by atoms with Gasteiger partial charge in [0.25, 0.3) is 0 Å². The minimum Gasteiger partial charge on any atom is -0.378 e. The van der Waals surface area contributed by atoms with E-state index in [2.05, 4.69) is 6.92 Å². The van der Waals surface area contributed by atoms with Crippen molar-refractivity contribution in [3.8, 4) is 0 Å². The minimum absolute atomic E-state index is 0.0450. The molecular weight excluding hydrogens is 226 g/mol. The molecule has 3 fully saturated rings. The van der Waals surface area contributed by atoms with Gasteiger partial charge < -0.3 is 15.2 Å². The summed E-state index contributed by atoms with van der Waals surface area (Å²) in [5.41, 5.74) is 6.43. The van der Waals surface area contributed by atoms with E-state index >= 15 is 0 Å². The zero-order chi connectivity index (χ0) is 12.6. The van der Waals surface area contributed by atoms with Gasteiger partial charge in [0.05, 0.1) is 12.2 Å². The Morgan fingerprint density at radius 3 is 2.83 bits per heavy atom. The predicted molar refractivity (Wildman–Crippen MR) is 71.3 cm³/mol. The molecule has 2 saturated heterocycles. The van der Waals surface area contributed by atoms with Crippen molar-refractivity contribution in [1.82, 2.24) is 0 Å². The topological polar surface area (TPSA) is 44.5 Å². The Morgan fingerprint density at radius 2 is 2.06 bits per heavy atom. The fourth-order valence-electron chi connectivity index (χ4n) is 4.28. The van der Waals surface area contributed by atoms with Crippen molar-refractivity contribution in [2.75, 3.05) is 19.8 Å². The normalized spacial score (nSPS) is 49.7. The maximum absolute atomic E-state index is 6.39. The lowest BCUT2D eigenvalue weighted by Crippen LogP contribution is -2.47. The molecule has 5 atom stereocenters. The van der Waals surface area contributed by atoms with Crippen LogP contribution in [0.2, 0.25) is 0 Å². The molecule has 2 heterocycles. The first-order valence-corrected chi connectivity index (χ1v) is 7.66. The summed E-state index contributed by atoms with van der Waals surface area (Å²) in [6, 6.07) is 0.420. The highest BCUT2D eigenvalue weighted by atomic mass is 16.6. The zero-order valence-corrected chi connectivity index (χ0v) is 11.6. The highest BCUT2D eigenvalue weighted by Gasteiger charge is 2.44. The van der Waals surface area contributed by atoms with Crippen LogP contribution in [-0.2, 0) is 9.47 Å².